The van der Waals surface area contributed by atoms with Gasteiger partial charge in [0.05, 0.1) is 5.25 Å². The Labute approximate surface area is 81.6 Å². The third-order valence-electron chi connectivity index (χ3n) is 1.98. The minimum atomic E-state index is -3.60. The SMILES string of the molecule is O=S(=O)(Oc1ccccc1F)C1CC1. The first-order chi connectivity index (χ1) is 6.59. The van der Waals surface area contributed by atoms with E-state index in [1.807, 2.05) is 0 Å². The minimum absolute atomic E-state index is 0.223. The Morgan fingerprint density at radius 2 is 1.93 bits per heavy atom. The van der Waals surface area contributed by atoms with Crippen LogP contribution in [0.2, 0.25) is 0 Å². The number of benzene rings is 1. The maximum absolute atomic E-state index is 13.0. The van der Waals surface area contributed by atoms with Crippen LogP contribution in [0.5, 0.6) is 5.75 Å². The minimum Gasteiger partial charge on any atom is -0.379 e. The van der Waals surface area contributed by atoms with Crippen molar-refractivity contribution in [2.24, 2.45) is 0 Å². The van der Waals surface area contributed by atoms with Crippen molar-refractivity contribution in [1.82, 2.24) is 0 Å². The summed E-state index contributed by atoms with van der Waals surface area (Å²) in [5.41, 5.74) is 0. The molecule has 3 nitrogen and oxygen atoms in total. The molecule has 1 aliphatic rings. The van der Waals surface area contributed by atoms with Crippen molar-refractivity contribution < 1.29 is 17.0 Å². The highest BCUT2D eigenvalue weighted by Gasteiger charge is 2.38. The van der Waals surface area contributed by atoms with Gasteiger partial charge in [-0.25, -0.2) is 4.39 Å². The van der Waals surface area contributed by atoms with Crippen molar-refractivity contribution in [2.45, 2.75) is 18.1 Å². The molecule has 0 spiro atoms. The lowest BCUT2D eigenvalue weighted by Crippen LogP contribution is -2.14. The van der Waals surface area contributed by atoms with E-state index in [1.165, 1.54) is 18.2 Å². The van der Waals surface area contributed by atoms with Gasteiger partial charge in [0, 0.05) is 0 Å². The molecule has 0 radical (unpaired) electrons. The molecular formula is C9H9FO3S. The molecule has 0 aromatic heterocycles. The topological polar surface area (TPSA) is 43.4 Å². The van der Waals surface area contributed by atoms with E-state index in [-0.39, 0.29) is 5.75 Å². The van der Waals surface area contributed by atoms with Crippen molar-refractivity contribution in [2.75, 3.05) is 0 Å². The second kappa shape index (κ2) is 3.24. The van der Waals surface area contributed by atoms with Crippen LogP contribution in [-0.2, 0) is 10.1 Å². The van der Waals surface area contributed by atoms with Crippen LogP contribution in [0.25, 0.3) is 0 Å². The Morgan fingerprint density at radius 1 is 1.29 bits per heavy atom. The third-order valence-corrected chi connectivity index (χ3v) is 3.67. The Bertz CT molecular complexity index is 437. The van der Waals surface area contributed by atoms with E-state index in [1.54, 1.807) is 0 Å². The molecule has 0 aliphatic heterocycles. The summed E-state index contributed by atoms with van der Waals surface area (Å²) >= 11 is 0. The molecular weight excluding hydrogens is 207 g/mol. The molecule has 0 bridgehead atoms. The highest BCUT2D eigenvalue weighted by Crippen LogP contribution is 2.31. The van der Waals surface area contributed by atoms with Gasteiger partial charge in [0.15, 0.2) is 11.6 Å². The summed E-state index contributed by atoms with van der Waals surface area (Å²) in [5.74, 6) is -0.879. The maximum Gasteiger partial charge on any atom is 0.312 e. The molecule has 0 atom stereocenters. The lowest BCUT2D eigenvalue weighted by Gasteiger charge is -2.05. The molecule has 0 N–H and O–H groups in total. The summed E-state index contributed by atoms with van der Waals surface area (Å²) in [5, 5.41) is -0.442. The van der Waals surface area contributed by atoms with Gasteiger partial charge >= 0.3 is 10.1 Å². The van der Waals surface area contributed by atoms with Crippen molar-refractivity contribution in [1.29, 1.82) is 0 Å². The molecule has 5 heteroatoms. The normalized spacial score (nSPS) is 16.6. The molecule has 14 heavy (non-hydrogen) atoms. The van der Waals surface area contributed by atoms with E-state index in [4.69, 9.17) is 0 Å². The van der Waals surface area contributed by atoms with Crippen molar-refractivity contribution in [3.8, 4) is 5.75 Å². The van der Waals surface area contributed by atoms with Crippen LogP contribution in [-0.4, -0.2) is 13.7 Å². The van der Waals surface area contributed by atoms with Crippen LogP contribution < -0.4 is 4.18 Å². The van der Waals surface area contributed by atoms with E-state index >= 15 is 0 Å². The molecule has 0 amide bonds. The van der Waals surface area contributed by atoms with Gasteiger partial charge in [-0.05, 0) is 25.0 Å². The molecule has 0 unspecified atom stereocenters. The van der Waals surface area contributed by atoms with Gasteiger partial charge < -0.3 is 4.18 Å². The van der Waals surface area contributed by atoms with Gasteiger partial charge in [-0.2, -0.15) is 8.42 Å². The molecule has 1 saturated carbocycles. The number of rotatable bonds is 3. The molecule has 1 aromatic carbocycles. The van der Waals surface area contributed by atoms with Crippen LogP contribution in [0, 0.1) is 5.82 Å². The first-order valence-electron chi connectivity index (χ1n) is 4.27. The zero-order valence-electron chi connectivity index (χ0n) is 7.31. The average molecular weight is 216 g/mol. The van der Waals surface area contributed by atoms with E-state index in [0.717, 1.165) is 6.07 Å². The number of para-hydroxylation sites is 1. The van der Waals surface area contributed by atoms with E-state index in [9.17, 15) is 12.8 Å². The van der Waals surface area contributed by atoms with Gasteiger partial charge in [-0.3, -0.25) is 0 Å². The standard InChI is InChI=1S/C9H9FO3S/c10-8-3-1-2-4-9(8)13-14(11,12)7-5-6-7/h1-4,7H,5-6H2. The fourth-order valence-corrected chi connectivity index (χ4v) is 2.30. The molecule has 0 saturated heterocycles. The van der Waals surface area contributed by atoms with Crippen LogP contribution in [0.15, 0.2) is 24.3 Å². The van der Waals surface area contributed by atoms with Crippen LogP contribution in [0.4, 0.5) is 4.39 Å². The summed E-state index contributed by atoms with van der Waals surface area (Å²) in [6, 6.07) is 5.47. The number of hydrogen-bond donors (Lipinski definition) is 0. The van der Waals surface area contributed by atoms with Gasteiger partial charge in [-0.1, -0.05) is 12.1 Å². The Balaban J connectivity index is 2.22. The van der Waals surface area contributed by atoms with Gasteiger partial charge in [-0.15, -0.1) is 0 Å². The molecule has 1 aliphatic carbocycles. The predicted molar refractivity (Wildman–Crippen MR) is 49.0 cm³/mol. The van der Waals surface area contributed by atoms with E-state index in [2.05, 4.69) is 4.18 Å². The quantitative estimate of drug-likeness (QED) is 0.722. The van der Waals surface area contributed by atoms with Gasteiger partial charge in [0.2, 0.25) is 0 Å². The highest BCUT2D eigenvalue weighted by molar-refractivity contribution is 7.88. The Kier molecular flexibility index (Phi) is 2.19. The second-order valence-corrected chi connectivity index (χ2v) is 5.02. The second-order valence-electron chi connectivity index (χ2n) is 3.21. The van der Waals surface area contributed by atoms with Gasteiger partial charge in [0.25, 0.3) is 0 Å². The van der Waals surface area contributed by atoms with E-state index in [0.29, 0.717) is 12.8 Å². The molecule has 76 valence electrons. The molecule has 1 fully saturated rings. The largest absolute Gasteiger partial charge is 0.379 e. The highest BCUT2D eigenvalue weighted by atomic mass is 32.2. The van der Waals surface area contributed by atoms with Crippen molar-refractivity contribution in [3.05, 3.63) is 30.1 Å². The predicted octanol–water partition coefficient (Wildman–Crippen LogP) is 1.70. The van der Waals surface area contributed by atoms with Crippen molar-refractivity contribution in [3.63, 3.8) is 0 Å². The fraction of sp³-hybridized carbons (Fsp3) is 0.333. The summed E-state index contributed by atoms with van der Waals surface area (Å²) < 4.78 is 40.3. The van der Waals surface area contributed by atoms with Crippen LogP contribution in [0.3, 0.4) is 0 Å². The average Bonchev–Trinajstić information content (AvgIpc) is 2.91. The smallest absolute Gasteiger partial charge is 0.312 e. The zero-order valence-corrected chi connectivity index (χ0v) is 8.13. The number of halogens is 1. The molecule has 1 aromatic rings. The fourth-order valence-electron chi connectivity index (χ4n) is 1.06. The first-order valence-corrected chi connectivity index (χ1v) is 5.74. The number of hydrogen-bond acceptors (Lipinski definition) is 3. The maximum atomic E-state index is 13.0. The first kappa shape index (κ1) is 9.45. The van der Waals surface area contributed by atoms with E-state index < -0.39 is 21.2 Å². The zero-order chi connectivity index (χ0) is 10.2. The third kappa shape index (κ3) is 1.87. The Morgan fingerprint density at radius 3 is 2.50 bits per heavy atom. The monoisotopic (exact) mass is 216 g/mol. The Hall–Kier alpha value is -1.10. The van der Waals surface area contributed by atoms with Crippen LogP contribution in [0.1, 0.15) is 12.8 Å². The van der Waals surface area contributed by atoms with Crippen LogP contribution >= 0.6 is 0 Å². The molecule has 2 rings (SSSR count). The summed E-state index contributed by atoms with van der Waals surface area (Å²) in [4.78, 5) is 0. The lowest BCUT2D eigenvalue weighted by atomic mass is 10.3. The molecule has 0 heterocycles. The summed E-state index contributed by atoms with van der Waals surface area (Å²) in [6.07, 6.45) is 1.22. The van der Waals surface area contributed by atoms with Crippen molar-refractivity contribution >= 4 is 10.1 Å². The van der Waals surface area contributed by atoms with Gasteiger partial charge in [0.1, 0.15) is 0 Å². The summed E-state index contributed by atoms with van der Waals surface area (Å²) in [6.45, 7) is 0. The lowest BCUT2D eigenvalue weighted by molar-refractivity contribution is 0.460. The summed E-state index contributed by atoms with van der Waals surface area (Å²) in [7, 11) is -3.60.